The van der Waals surface area contributed by atoms with Gasteiger partial charge in [0.2, 0.25) is 0 Å². The van der Waals surface area contributed by atoms with E-state index in [1.165, 1.54) is 29.5 Å². The molecule has 2 nitrogen and oxygen atoms in total. The minimum atomic E-state index is -0.788. The standard InChI is InChI=1S/C15H20O2/c1-8-6-5-7-12-11(4)14(15(16)17)10(3)9(2)13(8)12/h8H,5-7H2,1-4H3,(H,16,17). The molecule has 0 spiro atoms. The molecule has 2 heteroatoms. The first-order valence-electron chi connectivity index (χ1n) is 6.31. The van der Waals surface area contributed by atoms with Crippen LogP contribution < -0.4 is 0 Å². The van der Waals surface area contributed by atoms with Crippen LogP contribution in [-0.2, 0) is 6.42 Å². The van der Waals surface area contributed by atoms with Crippen molar-refractivity contribution in [3.05, 3.63) is 33.4 Å². The minimum absolute atomic E-state index is 0.523. The van der Waals surface area contributed by atoms with E-state index in [4.69, 9.17) is 0 Å². The van der Waals surface area contributed by atoms with Crippen LogP contribution >= 0.6 is 0 Å². The van der Waals surface area contributed by atoms with Crippen LogP contribution in [0.1, 0.15) is 63.9 Å². The second-order valence-electron chi connectivity index (χ2n) is 5.24. The summed E-state index contributed by atoms with van der Waals surface area (Å²) in [5, 5.41) is 9.34. The van der Waals surface area contributed by atoms with Gasteiger partial charge in [-0.15, -0.1) is 0 Å². The van der Waals surface area contributed by atoms with Gasteiger partial charge >= 0.3 is 5.97 Å². The lowest BCUT2D eigenvalue weighted by atomic mass is 9.76. The molecule has 1 aliphatic rings. The lowest BCUT2D eigenvalue weighted by Crippen LogP contribution is -2.16. The van der Waals surface area contributed by atoms with Gasteiger partial charge in [0, 0.05) is 0 Å². The lowest BCUT2D eigenvalue weighted by Gasteiger charge is -2.28. The Bertz CT molecular complexity index is 486. The monoisotopic (exact) mass is 232 g/mol. The van der Waals surface area contributed by atoms with Gasteiger partial charge in [-0.1, -0.05) is 6.92 Å². The zero-order valence-corrected chi connectivity index (χ0v) is 11.1. The number of benzene rings is 1. The summed E-state index contributed by atoms with van der Waals surface area (Å²) in [5.74, 6) is -0.219. The van der Waals surface area contributed by atoms with Crippen LogP contribution in [-0.4, -0.2) is 11.1 Å². The van der Waals surface area contributed by atoms with Gasteiger partial charge in [-0.05, 0) is 73.8 Å². The van der Waals surface area contributed by atoms with E-state index in [1.807, 2.05) is 13.8 Å². The summed E-state index contributed by atoms with van der Waals surface area (Å²) in [6.07, 6.45) is 3.43. The Labute approximate surface area is 103 Å². The molecule has 0 heterocycles. The summed E-state index contributed by atoms with van der Waals surface area (Å²) in [6, 6.07) is 0. The maximum atomic E-state index is 11.4. The normalized spacial score (nSPS) is 18.9. The minimum Gasteiger partial charge on any atom is -0.478 e. The first kappa shape index (κ1) is 12.2. The molecule has 0 fully saturated rings. The molecule has 0 amide bonds. The van der Waals surface area contributed by atoms with Gasteiger partial charge in [0.1, 0.15) is 0 Å². The van der Waals surface area contributed by atoms with Crippen molar-refractivity contribution in [2.75, 3.05) is 0 Å². The van der Waals surface area contributed by atoms with Crippen molar-refractivity contribution >= 4 is 5.97 Å². The Morgan fingerprint density at radius 1 is 1.18 bits per heavy atom. The second-order valence-corrected chi connectivity index (χ2v) is 5.24. The Morgan fingerprint density at radius 2 is 1.82 bits per heavy atom. The van der Waals surface area contributed by atoms with E-state index in [2.05, 4.69) is 13.8 Å². The zero-order chi connectivity index (χ0) is 12.7. The highest BCUT2D eigenvalue weighted by Gasteiger charge is 2.25. The third-order valence-electron chi connectivity index (χ3n) is 4.26. The third kappa shape index (κ3) is 1.76. The highest BCUT2D eigenvalue weighted by atomic mass is 16.4. The molecule has 2 rings (SSSR count). The lowest BCUT2D eigenvalue weighted by molar-refractivity contribution is 0.0695. The van der Waals surface area contributed by atoms with Crippen LogP contribution in [0.2, 0.25) is 0 Å². The van der Waals surface area contributed by atoms with Crippen LogP contribution in [0.15, 0.2) is 0 Å². The fourth-order valence-electron chi connectivity index (χ4n) is 3.29. The number of fused-ring (bicyclic) bond motifs is 1. The molecule has 1 aromatic rings. The summed E-state index contributed by atoms with van der Waals surface area (Å²) < 4.78 is 0. The highest BCUT2D eigenvalue weighted by Crippen LogP contribution is 2.38. The summed E-state index contributed by atoms with van der Waals surface area (Å²) >= 11 is 0. The number of hydrogen-bond acceptors (Lipinski definition) is 1. The molecule has 0 saturated carbocycles. The number of hydrogen-bond donors (Lipinski definition) is 1. The van der Waals surface area contributed by atoms with E-state index in [-0.39, 0.29) is 0 Å². The van der Waals surface area contributed by atoms with E-state index in [1.54, 1.807) is 0 Å². The van der Waals surface area contributed by atoms with Gasteiger partial charge in [-0.3, -0.25) is 0 Å². The van der Waals surface area contributed by atoms with Gasteiger partial charge in [0.25, 0.3) is 0 Å². The molecule has 1 atom stereocenters. The number of aromatic carboxylic acids is 1. The van der Waals surface area contributed by atoms with Crippen molar-refractivity contribution in [1.82, 2.24) is 0 Å². The molecule has 0 saturated heterocycles. The van der Waals surface area contributed by atoms with Crippen LogP contribution in [0.4, 0.5) is 0 Å². The van der Waals surface area contributed by atoms with E-state index < -0.39 is 5.97 Å². The van der Waals surface area contributed by atoms with Crippen molar-refractivity contribution in [2.24, 2.45) is 0 Å². The zero-order valence-electron chi connectivity index (χ0n) is 11.1. The van der Waals surface area contributed by atoms with Crippen molar-refractivity contribution < 1.29 is 9.90 Å². The quantitative estimate of drug-likeness (QED) is 0.800. The fourth-order valence-corrected chi connectivity index (χ4v) is 3.29. The molecule has 1 aromatic carbocycles. The third-order valence-corrected chi connectivity index (χ3v) is 4.26. The molecule has 0 radical (unpaired) electrons. The molecule has 0 aromatic heterocycles. The van der Waals surface area contributed by atoms with Gasteiger partial charge in [-0.2, -0.15) is 0 Å². The Balaban J connectivity index is 2.79. The van der Waals surface area contributed by atoms with Gasteiger partial charge in [-0.25, -0.2) is 4.79 Å². The van der Waals surface area contributed by atoms with Crippen LogP contribution in [0.3, 0.4) is 0 Å². The average molecular weight is 232 g/mol. The molecule has 17 heavy (non-hydrogen) atoms. The molecular weight excluding hydrogens is 212 g/mol. The van der Waals surface area contributed by atoms with E-state index >= 15 is 0 Å². The van der Waals surface area contributed by atoms with Crippen LogP contribution in [0, 0.1) is 20.8 Å². The number of carbonyl (C=O) groups is 1. The number of carboxylic acids is 1. The van der Waals surface area contributed by atoms with Crippen molar-refractivity contribution in [3.63, 3.8) is 0 Å². The molecule has 1 N–H and O–H groups in total. The SMILES string of the molecule is Cc1c(C)c2c(c(C)c1C(=O)O)CCCC2C. The first-order chi connectivity index (χ1) is 7.95. The molecule has 1 unspecified atom stereocenters. The predicted octanol–water partition coefficient (Wildman–Crippen LogP) is 3.75. The van der Waals surface area contributed by atoms with Gasteiger partial charge in [0.05, 0.1) is 5.56 Å². The Hall–Kier alpha value is -1.31. The fraction of sp³-hybridized carbons (Fsp3) is 0.533. The van der Waals surface area contributed by atoms with Crippen LogP contribution in [0.25, 0.3) is 0 Å². The summed E-state index contributed by atoms with van der Waals surface area (Å²) in [5.41, 5.74) is 6.36. The maximum absolute atomic E-state index is 11.4. The molecule has 0 bridgehead atoms. The first-order valence-corrected chi connectivity index (χ1v) is 6.31. The summed E-state index contributed by atoms with van der Waals surface area (Å²) in [7, 11) is 0. The van der Waals surface area contributed by atoms with E-state index in [9.17, 15) is 9.90 Å². The highest BCUT2D eigenvalue weighted by molar-refractivity contribution is 5.92. The number of rotatable bonds is 1. The maximum Gasteiger partial charge on any atom is 0.336 e. The molecule has 92 valence electrons. The smallest absolute Gasteiger partial charge is 0.336 e. The van der Waals surface area contributed by atoms with Gasteiger partial charge < -0.3 is 5.11 Å². The largest absolute Gasteiger partial charge is 0.478 e. The number of carboxylic acid groups (broad SMARTS) is 1. The van der Waals surface area contributed by atoms with Crippen molar-refractivity contribution in [1.29, 1.82) is 0 Å². The predicted molar refractivity (Wildman–Crippen MR) is 69.0 cm³/mol. The average Bonchev–Trinajstić information content (AvgIpc) is 2.25. The summed E-state index contributed by atoms with van der Waals surface area (Å²) in [4.78, 5) is 11.4. The molecule has 0 aliphatic heterocycles. The molecular formula is C15H20O2. The van der Waals surface area contributed by atoms with Crippen LogP contribution in [0.5, 0.6) is 0 Å². The van der Waals surface area contributed by atoms with E-state index in [0.29, 0.717) is 11.5 Å². The van der Waals surface area contributed by atoms with Crippen molar-refractivity contribution in [2.45, 2.75) is 52.9 Å². The van der Waals surface area contributed by atoms with Crippen molar-refractivity contribution in [3.8, 4) is 0 Å². The second kappa shape index (κ2) is 4.17. The summed E-state index contributed by atoms with van der Waals surface area (Å²) in [6.45, 7) is 8.23. The Morgan fingerprint density at radius 3 is 2.41 bits per heavy atom. The van der Waals surface area contributed by atoms with Gasteiger partial charge in [0.15, 0.2) is 0 Å². The Kier molecular flexibility index (Phi) is 2.98. The van der Waals surface area contributed by atoms with E-state index in [0.717, 1.165) is 17.5 Å². The topological polar surface area (TPSA) is 37.3 Å². The molecule has 1 aliphatic carbocycles.